The van der Waals surface area contributed by atoms with E-state index in [1.54, 1.807) is 30.3 Å². The maximum Gasteiger partial charge on any atom is 0.263 e. The monoisotopic (exact) mass is 500 g/mol. The molecule has 0 bridgehead atoms. The highest BCUT2D eigenvalue weighted by molar-refractivity contribution is 7.92. The molecule has 0 unspecified atom stereocenters. The number of anilines is 3. The molecule has 9 nitrogen and oxygen atoms in total. The summed E-state index contributed by atoms with van der Waals surface area (Å²) in [6, 6.07) is 15.6. The van der Waals surface area contributed by atoms with E-state index in [2.05, 4.69) is 19.6 Å². The minimum absolute atomic E-state index is 0.0550. The van der Waals surface area contributed by atoms with Crippen molar-refractivity contribution in [3.63, 3.8) is 0 Å². The molecule has 0 saturated carbocycles. The van der Waals surface area contributed by atoms with Crippen molar-refractivity contribution in [1.82, 2.24) is 14.9 Å². The van der Waals surface area contributed by atoms with Gasteiger partial charge in [-0.05, 0) is 48.5 Å². The Labute approximate surface area is 204 Å². The zero-order valence-electron chi connectivity index (χ0n) is 18.6. The molecule has 1 N–H and O–H groups in total. The van der Waals surface area contributed by atoms with E-state index < -0.39 is 10.0 Å². The average Bonchev–Trinajstić information content (AvgIpc) is 2.84. The molecule has 1 aliphatic rings. The normalized spacial score (nSPS) is 14.1. The van der Waals surface area contributed by atoms with Crippen LogP contribution < -0.4 is 14.5 Å². The van der Waals surface area contributed by atoms with Crippen LogP contribution in [0.15, 0.2) is 72.0 Å². The molecule has 1 amide bonds. The van der Waals surface area contributed by atoms with E-state index in [9.17, 15) is 13.2 Å². The summed E-state index contributed by atoms with van der Waals surface area (Å²) in [7, 11) is -1.87. The number of likely N-dealkylation sites (N-methyl/N-ethyl adjacent to an activating group) is 1. The highest BCUT2D eigenvalue weighted by atomic mass is 35.5. The second-order valence-electron chi connectivity index (χ2n) is 7.90. The zero-order valence-corrected chi connectivity index (χ0v) is 20.2. The van der Waals surface area contributed by atoms with Crippen LogP contribution in [0.3, 0.4) is 0 Å². The van der Waals surface area contributed by atoms with Gasteiger partial charge < -0.3 is 14.7 Å². The van der Waals surface area contributed by atoms with Crippen molar-refractivity contribution < 1.29 is 13.2 Å². The van der Waals surface area contributed by atoms with E-state index in [1.807, 2.05) is 35.0 Å². The topological polar surface area (TPSA) is 98.7 Å². The van der Waals surface area contributed by atoms with Crippen LogP contribution in [0.25, 0.3) is 0 Å². The van der Waals surface area contributed by atoms with Gasteiger partial charge >= 0.3 is 0 Å². The number of amides is 1. The number of benzene rings is 2. The lowest BCUT2D eigenvalue weighted by Gasteiger charge is -2.37. The molecule has 0 spiro atoms. The Morgan fingerprint density at radius 3 is 2.47 bits per heavy atom. The Kier molecular flexibility index (Phi) is 7.18. The predicted molar refractivity (Wildman–Crippen MR) is 133 cm³/mol. The summed E-state index contributed by atoms with van der Waals surface area (Å²) in [6.45, 7) is 2.79. The molecule has 1 saturated heterocycles. The highest BCUT2D eigenvalue weighted by Gasteiger charge is 2.23. The van der Waals surface area contributed by atoms with Gasteiger partial charge in [-0.3, -0.25) is 9.52 Å². The number of carbonyl (C=O) groups excluding carboxylic acids is 1. The van der Waals surface area contributed by atoms with Crippen LogP contribution in [0.1, 0.15) is 0 Å². The molecule has 2 aromatic carbocycles. The Hall–Kier alpha value is -3.37. The number of nitrogens with one attached hydrogen (secondary N) is 1. The van der Waals surface area contributed by atoms with Crippen LogP contribution in [0.2, 0.25) is 5.02 Å². The molecule has 0 atom stereocenters. The molecule has 3 aromatic rings. The lowest BCUT2D eigenvalue weighted by molar-refractivity contribution is -0.129. The number of halogens is 1. The van der Waals surface area contributed by atoms with Crippen molar-refractivity contribution in [3.05, 3.63) is 72.1 Å². The third-order valence-corrected chi connectivity index (χ3v) is 7.19. The van der Waals surface area contributed by atoms with Gasteiger partial charge in [0.1, 0.15) is 12.1 Å². The first kappa shape index (κ1) is 23.8. The number of carbonyl (C=O) groups is 1. The van der Waals surface area contributed by atoms with E-state index in [4.69, 9.17) is 11.6 Å². The lowest BCUT2D eigenvalue weighted by atomic mass is 10.2. The van der Waals surface area contributed by atoms with Crippen molar-refractivity contribution in [2.75, 3.05) is 54.3 Å². The van der Waals surface area contributed by atoms with E-state index in [0.29, 0.717) is 31.2 Å². The van der Waals surface area contributed by atoms with Crippen LogP contribution in [0.5, 0.6) is 0 Å². The Bertz CT molecular complexity index is 1230. The summed E-state index contributed by atoms with van der Waals surface area (Å²) in [5.41, 5.74) is 1.80. The van der Waals surface area contributed by atoms with Crippen molar-refractivity contribution >= 4 is 44.7 Å². The number of hydrogen-bond acceptors (Lipinski definition) is 7. The van der Waals surface area contributed by atoms with Crippen LogP contribution >= 0.6 is 11.6 Å². The van der Waals surface area contributed by atoms with Crippen molar-refractivity contribution in [3.8, 4) is 0 Å². The smallest absolute Gasteiger partial charge is 0.263 e. The Morgan fingerprint density at radius 1 is 1.09 bits per heavy atom. The van der Waals surface area contributed by atoms with Gasteiger partial charge in [0, 0.05) is 55.8 Å². The maximum atomic E-state index is 12.8. The SMILES string of the molecule is CN(CC(=O)N1CCN(c2ccc(S(=O)(=O)Nc3ccncn3)cc2)CC1)c1cccc(Cl)c1. The zero-order chi connectivity index (χ0) is 24.1. The third-order valence-electron chi connectivity index (χ3n) is 5.59. The van der Waals surface area contributed by atoms with Crippen molar-refractivity contribution in [2.45, 2.75) is 4.90 Å². The Morgan fingerprint density at radius 2 is 1.82 bits per heavy atom. The first-order chi connectivity index (χ1) is 16.3. The van der Waals surface area contributed by atoms with Crippen molar-refractivity contribution in [1.29, 1.82) is 0 Å². The summed E-state index contributed by atoms with van der Waals surface area (Å²) in [5, 5.41) is 0.633. The molecule has 4 rings (SSSR count). The summed E-state index contributed by atoms with van der Waals surface area (Å²) in [6.07, 6.45) is 2.74. The summed E-state index contributed by atoms with van der Waals surface area (Å²) in [4.78, 5) is 26.4. The quantitative estimate of drug-likeness (QED) is 0.532. The molecule has 11 heteroatoms. The molecule has 34 heavy (non-hydrogen) atoms. The molecule has 178 valence electrons. The molecular formula is C23H25ClN6O3S. The van der Waals surface area contributed by atoms with Gasteiger partial charge in [-0.15, -0.1) is 0 Å². The van der Waals surface area contributed by atoms with Crippen LogP contribution in [-0.4, -0.2) is 69.0 Å². The van der Waals surface area contributed by atoms with Gasteiger partial charge in [-0.1, -0.05) is 17.7 Å². The second-order valence-corrected chi connectivity index (χ2v) is 10.0. The average molecular weight is 501 g/mol. The van der Waals surface area contributed by atoms with E-state index in [1.165, 1.54) is 18.6 Å². The van der Waals surface area contributed by atoms with E-state index in [0.717, 1.165) is 11.4 Å². The molecular weight excluding hydrogens is 476 g/mol. The van der Waals surface area contributed by atoms with Gasteiger partial charge in [0.15, 0.2) is 0 Å². The fourth-order valence-electron chi connectivity index (χ4n) is 3.71. The minimum Gasteiger partial charge on any atom is -0.368 e. The molecule has 1 aromatic heterocycles. The number of sulfonamides is 1. The van der Waals surface area contributed by atoms with Crippen LogP contribution in [0, 0.1) is 0 Å². The lowest BCUT2D eigenvalue weighted by Crippen LogP contribution is -2.51. The predicted octanol–water partition coefficient (Wildman–Crippen LogP) is 2.72. The molecule has 1 fully saturated rings. The van der Waals surface area contributed by atoms with Crippen LogP contribution in [0.4, 0.5) is 17.2 Å². The number of aromatic nitrogens is 2. The fourth-order valence-corrected chi connectivity index (χ4v) is 4.90. The number of rotatable bonds is 7. The standard InChI is InChI=1S/C23H25ClN6O3S/c1-28(20-4-2-3-18(24)15-20)16-23(31)30-13-11-29(12-14-30)19-5-7-21(8-6-19)34(32,33)27-22-9-10-25-17-26-22/h2-10,15,17H,11-14,16H2,1H3,(H,25,26,27). The van der Waals surface area contributed by atoms with Gasteiger partial charge in [0.25, 0.3) is 10.0 Å². The van der Waals surface area contributed by atoms with E-state index >= 15 is 0 Å². The van der Waals surface area contributed by atoms with Gasteiger partial charge in [0.2, 0.25) is 5.91 Å². The van der Waals surface area contributed by atoms with Gasteiger partial charge in [-0.25, -0.2) is 18.4 Å². The summed E-state index contributed by atoms with van der Waals surface area (Å²) >= 11 is 6.05. The Balaban J connectivity index is 1.32. The minimum atomic E-state index is -3.74. The number of nitrogens with zero attached hydrogens (tertiary/aromatic N) is 5. The maximum absolute atomic E-state index is 12.8. The van der Waals surface area contributed by atoms with Gasteiger partial charge in [0.05, 0.1) is 11.4 Å². The highest BCUT2D eigenvalue weighted by Crippen LogP contribution is 2.22. The number of piperazine rings is 1. The summed E-state index contributed by atoms with van der Waals surface area (Å²) < 4.78 is 27.6. The first-order valence-electron chi connectivity index (χ1n) is 10.7. The van der Waals surface area contributed by atoms with Crippen molar-refractivity contribution in [2.24, 2.45) is 0 Å². The molecule has 2 heterocycles. The fraction of sp³-hybridized carbons (Fsp3) is 0.261. The van der Waals surface area contributed by atoms with Crippen LogP contribution in [-0.2, 0) is 14.8 Å². The number of hydrogen-bond donors (Lipinski definition) is 1. The summed E-state index contributed by atoms with van der Waals surface area (Å²) in [5.74, 6) is 0.264. The molecule has 0 radical (unpaired) electrons. The first-order valence-corrected chi connectivity index (χ1v) is 12.6. The largest absolute Gasteiger partial charge is 0.368 e. The second kappa shape index (κ2) is 10.3. The molecule has 0 aliphatic carbocycles. The van der Waals surface area contributed by atoms with E-state index in [-0.39, 0.29) is 23.2 Å². The molecule has 1 aliphatic heterocycles. The van der Waals surface area contributed by atoms with Gasteiger partial charge in [-0.2, -0.15) is 0 Å². The third kappa shape index (κ3) is 5.75.